The van der Waals surface area contributed by atoms with Crippen LogP contribution < -0.4 is 5.73 Å². The molecule has 6 heteroatoms. The Kier molecular flexibility index (Phi) is 3.07. The Labute approximate surface area is 128 Å². The number of rotatable bonds is 2. The Bertz CT molecular complexity index is 752. The second-order valence-electron chi connectivity index (χ2n) is 5.39. The van der Waals surface area contributed by atoms with Crippen LogP contribution in [0.1, 0.15) is 18.0 Å². The van der Waals surface area contributed by atoms with E-state index in [9.17, 15) is 0 Å². The summed E-state index contributed by atoms with van der Waals surface area (Å²) < 4.78 is 0. The molecule has 0 bridgehead atoms. The van der Waals surface area contributed by atoms with Crippen molar-refractivity contribution in [3.05, 3.63) is 48.5 Å². The molecule has 0 saturated heterocycles. The standard InChI is InChI=1S/C16H16N6/c17-16-21-14(15-20-5-2-6-22(15)16)12-4-1-3-11(7-12)13-8-18-10-19-9-13/h1,3-4,7-10,14H,2,5-6H2,(H2,17,21). The Morgan fingerprint density at radius 2 is 2.00 bits per heavy atom. The average Bonchev–Trinajstić information content (AvgIpc) is 2.93. The van der Waals surface area contributed by atoms with Gasteiger partial charge in [0.05, 0.1) is 0 Å². The normalized spacial score (nSPS) is 20.4. The highest BCUT2D eigenvalue weighted by Crippen LogP contribution is 2.30. The Hall–Kier alpha value is -2.76. The number of hydrogen-bond acceptors (Lipinski definition) is 6. The number of benzene rings is 1. The van der Waals surface area contributed by atoms with E-state index in [4.69, 9.17) is 5.73 Å². The van der Waals surface area contributed by atoms with Gasteiger partial charge in [-0.05, 0) is 23.6 Å². The highest BCUT2D eigenvalue weighted by molar-refractivity contribution is 6.07. The van der Waals surface area contributed by atoms with E-state index >= 15 is 0 Å². The molecule has 1 aromatic heterocycles. The maximum atomic E-state index is 6.04. The SMILES string of the molecule is NC1=NC(c2cccc(-c3cncnc3)c2)C2=NCCCN12. The van der Waals surface area contributed by atoms with Crippen molar-refractivity contribution in [2.24, 2.45) is 15.7 Å². The van der Waals surface area contributed by atoms with Crippen molar-refractivity contribution in [2.45, 2.75) is 12.5 Å². The number of aromatic nitrogens is 2. The van der Waals surface area contributed by atoms with Crippen molar-refractivity contribution in [2.75, 3.05) is 13.1 Å². The van der Waals surface area contributed by atoms with Crippen molar-refractivity contribution in [3.63, 3.8) is 0 Å². The van der Waals surface area contributed by atoms with Gasteiger partial charge in [0, 0.05) is 31.0 Å². The molecule has 0 spiro atoms. The molecule has 0 fully saturated rings. The molecular weight excluding hydrogens is 276 g/mol. The summed E-state index contributed by atoms with van der Waals surface area (Å²) in [5.74, 6) is 1.53. The van der Waals surface area contributed by atoms with E-state index in [0.717, 1.165) is 42.0 Å². The first-order chi connectivity index (χ1) is 10.8. The third-order valence-electron chi connectivity index (χ3n) is 3.97. The molecule has 4 rings (SSSR count). The minimum absolute atomic E-state index is 0.107. The van der Waals surface area contributed by atoms with Gasteiger partial charge in [-0.3, -0.25) is 9.89 Å². The number of amidine groups is 1. The Morgan fingerprint density at radius 3 is 2.86 bits per heavy atom. The average molecular weight is 292 g/mol. The molecule has 22 heavy (non-hydrogen) atoms. The molecule has 0 aliphatic carbocycles. The lowest BCUT2D eigenvalue weighted by Crippen LogP contribution is -2.41. The highest BCUT2D eigenvalue weighted by atomic mass is 15.4. The van der Waals surface area contributed by atoms with E-state index in [1.165, 1.54) is 6.33 Å². The van der Waals surface area contributed by atoms with Crippen molar-refractivity contribution >= 4 is 11.8 Å². The molecule has 2 aliphatic rings. The monoisotopic (exact) mass is 292 g/mol. The van der Waals surface area contributed by atoms with Crippen LogP contribution in [0.15, 0.2) is 53.0 Å². The molecule has 2 aromatic rings. The molecule has 0 radical (unpaired) electrons. The van der Waals surface area contributed by atoms with E-state index in [-0.39, 0.29) is 6.04 Å². The first-order valence-electron chi connectivity index (χ1n) is 7.33. The lowest BCUT2D eigenvalue weighted by atomic mass is 10.0. The van der Waals surface area contributed by atoms with Crippen molar-refractivity contribution in [1.29, 1.82) is 0 Å². The predicted molar refractivity (Wildman–Crippen MR) is 85.5 cm³/mol. The summed E-state index contributed by atoms with van der Waals surface area (Å²) in [6, 6.07) is 8.14. The Morgan fingerprint density at radius 1 is 1.14 bits per heavy atom. The van der Waals surface area contributed by atoms with E-state index < -0.39 is 0 Å². The number of nitrogens with zero attached hydrogens (tertiary/aromatic N) is 5. The minimum Gasteiger partial charge on any atom is -0.369 e. The summed E-state index contributed by atoms with van der Waals surface area (Å²) in [6.45, 7) is 1.74. The minimum atomic E-state index is -0.107. The molecule has 1 aromatic carbocycles. The van der Waals surface area contributed by atoms with Crippen LogP contribution in [0.4, 0.5) is 0 Å². The highest BCUT2D eigenvalue weighted by Gasteiger charge is 2.33. The Balaban J connectivity index is 1.73. The van der Waals surface area contributed by atoms with Crippen LogP contribution in [0, 0.1) is 0 Å². The summed E-state index contributed by atoms with van der Waals surface area (Å²) >= 11 is 0. The molecule has 1 unspecified atom stereocenters. The number of guanidine groups is 1. The van der Waals surface area contributed by atoms with Crippen molar-refractivity contribution in [3.8, 4) is 11.1 Å². The fourth-order valence-corrected chi connectivity index (χ4v) is 2.91. The smallest absolute Gasteiger partial charge is 0.197 e. The fraction of sp³-hybridized carbons (Fsp3) is 0.250. The van der Waals surface area contributed by atoms with E-state index in [2.05, 4.69) is 32.1 Å². The molecule has 2 N–H and O–H groups in total. The number of nitrogens with two attached hydrogens (primary N) is 1. The van der Waals surface area contributed by atoms with Gasteiger partial charge in [-0.1, -0.05) is 18.2 Å². The van der Waals surface area contributed by atoms with Crippen LogP contribution in [0.3, 0.4) is 0 Å². The van der Waals surface area contributed by atoms with E-state index in [1.54, 1.807) is 0 Å². The summed E-state index contributed by atoms with van der Waals surface area (Å²) in [4.78, 5) is 19.4. The third kappa shape index (κ3) is 2.13. The van der Waals surface area contributed by atoms with E-state index in [1.807, 2.05) is 29.4 Å². The quantitative estimate of drug-likeness (QED) is 0.912. The topological polar surface area (TPSA) is 79.8 Å². The molecule has 1 atom stereocenters. The van der Waals surface area contributed by atoms with Crippen LogP contribution in [-0.4, -0.2) is 39.8 Å². The van der Waals surface area contributed by atoms with Gasteiger partial charge >= 0.3 is 0 Å². The van der Waals surface area contributed by atoms with Crippen LogP contribution in [-0.2, 0) is 0 Å². The summed E-state index contributed by atoms with van der Waals surface area (Å²) in [6.07, 6.45) is 6.17. The van der Waals surface area contributed by atoms with Gasteiger partial charge in [0.25, 0.3) is 0 Å². The van der Waals surface area contributed by atoms with Crippen LogP contribution in [0.25, 0.3) is 11.1 Å². The molecule has 6 nitrogen and oxygen atoms in total. The van der Waals surface area contributed by atoms with Gasteiger partial charge in [0.2, 0.25) is 0 Å². The molecular formula is C16H16N6. The summed E-state index contributed by atoms with van der Waals surface area (Å²) in [5, 5.41) is 0. The number of hydrogen-bond donors (Lipinski definition) is 1. The summed E-state index contributed by atoms with van der Waals surface area (Å²) in [5.41, 5.74) is 9.19. The van der Waals surface area contributed by atoms with Gasteiger partial charge < -0.3 is 5.73 Å². The second kappa shape index (κ2) is 5.22. The van der Waals surface area contributed by atoms with Gasteiger partial charge in [-0.25, -0.2) is 15.0 Å². The molecule has 110 valence electrons. The lowest BCUT2D eigenvalue weighted by Gasteiger charge is -2.24. The zero-order valence-electron chi connectivity index (χ0n) is 12.1. The molecule has 3 heterocycles. The van der Waals surface area contributed by atoms with Crippen molar-refractivity contribution < 1.29 is 0 Å². The van der Waals surface area contributed by atoms with Gasteiger partial charge in [-0.2, -0.15) is 0 Å². The van der Waals surface area contributed by atoms with Crippen molar-refractivity contribution in [1.82, 2.24) is 14.9 Å². The first kappa shape index (κ1) is 12.9. The molecule has 0 saturated carbocycles. The first-order valence-corrected chi connectivity index (χ1v) is 7.33. The maximum Gasteiger partial charge on any atom is 0.197 e. The zero-order valence-corrected chi connectivity index (χ0v) is 12.1. The molecule has 0 amide bonds. The summed E-state index contributed by atoms with van der Waals surface area (Å²) in [7, 11) is 0. The largest absolute Gasteiger partial charge is 0.369 e. The molecule has 2 aliphatic heterocycles. The lowest BCUT2D eigenvalue weighted by molar-refractivity contribution is 0.545. The maximum absolute atomic E-state index is 6.04. The second-order valence-corrected chi connectivity index (χ2v) is 5.39. The van der Waals surface area contributed by atoms with Gasteiger partial charge in [-0.15, -0.1) is 0 Å². The van der Waals surface area contributed by atoms with Crippen LogP contribution in [0.2, 0.25) is 0 Å². The van der Waals surface area contributed by atoms with Crippen LogP contribution >= 0.6 is 0 Å². The van der Waals surface area contributed by atoms with Crippen LogP contribution in [0.5, 0.6) is 0 Å². The van der Waals surface area contributed by atoms with Gasteiger partial charge in [0.1, 0.15) is 18.2 Å². The van der Waals surface area contributed by atoms with E-state index in [0.29, 0.717) is 5.96 Å². The van der Waals surface area contributed by atoms with Gasteiger partial charge in [0.15, 0.2) is 5.96 Å². The zero-order chi connectivity index (χ0) is 14.9. The fourth-order valence-electron chi connectivity index (χ4n) is 2.91. The number of fused-ring (bicyclic) bond motifs is 1. The predicted octanol–water partition coefficient (Wildman–Crippen LogP) is 1.62. The third-order valence-corrected chi connectivity index (χ3v) is 3.97. The number of aliphatic imine (C=N–C) groups is 2.